The first kappa shape index (κ1) is 14.9. The maximum absolute atomic E-state index is 13.2. The predicted molar refractivity (Wildman–Crippen MR) is 73.7 cm³/mol. The van der Waals surface area contributed by atoms with Gasteiger partial charge >= 0.3 is 0 Å². The van der Waals surface area contributed by atoms with E-state index in [1.54, 1.807) is 0 Å². The molecule has 0 amide bonds. The number of piperidine rings is 1. The second-order valence-electron chi connectivity index (χ2n) is 4.84. The Bertz CT molecular complexity index is 458. The van der Waals surface area contributed by atoms with Crippen LogP contribution in [0.2, 0.25) is 0 Å². The van der Waals surface area contributed by atoms with Gasteiger partial charge in [-0.2, -0.15) is 0 Å². The molecule has 1 heterocycles. The third-order valence-electron chi connectivity index (χ3n) is 3.43. The van der Waals surface area contributed by atoms with E-state index in [1.807, 2.05) is 0 Å². The van der Waals surface area contributed by atoms with Crippen LogP contribution in [0.15, 0.2) is 18.2 Å². The molecule has 0 saturated carbocycles. The molecule has 0 bridgehead atoms. The number of Topliss-reactive ketones (excluding diaryl/α,β-unsaturated/α-hetero) is 1. The molecule has 4 nitrogen and oxygen atoms in total. The molecule has 20 heavy (non-hydrogen) atoms. The summed E-state index contributed by atoms with van der Waals surface area (Å²) in [5.74, 6) is -0.193. The van der Waals surface area contributed by atoms with Crippen LogP contribution in [-0.4, -0.2) is 38.7 Å². The van der Waals surface area contributed by atoms with Crippen molar-refractivity contribution in [1.29, 1.82) is 0 Å². The molecule has 1 aromatic carbocycles. The van der Waals surface area contributed by atoms with E-state index in [0.717, 1.165) is 25.9 Å². The van der Waals surface area contributed by atoms with E-state index in [-0.39, 0.29) is 23.9 Å². The fourth-order valence-electron chi connectivity index (χ4n) is 2.31. The van der Waals surface area contributed by atoms with Crippen molar-refractivity contribution in [2.45, 2.75) is 25.4 Å². The van der Waals surface area contributed by atoms with Crippen molar-refractivity contribution in [3.05, 3.63) is 29.6 Å². The van der Waals surface area contributed by atoms with Crippen LogP contribution in [0, 0.1) is 5.82 Å². The van der Waals surface area contributed by atoms with Crippen molar-refractivity contribution in [2.24, 2.45) is 0 Å². The Morgan fingerprint density at radius 1 is 1.40 bits per heavy atom. The average molecular weight is 281 g/mol. The summed E-state index contributed by atoms with van der Waals surface area (Å²) < 4.78 is 24.0. The van der Waals surface area contributed by atoms with Gasteiger partial charge < -0.3 is 14.8 Å². The van der Waals surface area contributed by atoms with E-state index in [0.29, 0.717) is 12.4 Å². The Morgan fingerprint density at radius 2 is 2.15 bits per heavy atom. The van der Waals surface area contributed by atoms with Crippen LogP contribution in [-0.2, 0) is 4.74 Å². The maximum atomic E-state index is 13.2. The van der Waals surface area contributed by atoms with Crippen LogP contribution < -0.4 is 10.1 Å². The summed E-state index contributed by atoms with van der Waals surface area (Å²) in [5, 5.41) is 3.26. The number of carbonyl (C=O) groups is 1. The van der Waals surface area contributed by atoms with Crippen LogP contribution in [0.3, 0.4) is 0 Å². The Morgan fingerprint density at radius 3 is 2.85 bits per heavy atom. The van der Waals surface area contributed by atoms with Gasteiger partial charge in [-0.05, 0) is 44.1 Å². The molecule has 5 heteroatoms. The number of carbonyl (C=O) groups excluding carboxylic acids is 1. The first-order valence-corrected chi connectivity index (χ1v) is 6.90. The highest BCUT2D eigenvalue weighted by atomic mass is 19.1. The molecule has 0 atom stereocenters. The minimum absolute atomic E-state index is 0.157. The van der Waals surface area contributed by atoms with Crippen LogP contribution in [0.1, 0.15) is 29.6 Å². The minimum Gasteiger partial charge on any atom is -0.496 e. The minimum atomic E-state index is -0.437. The summed E-state index contributed by atoms with van der Waals surface area (Å²) in [7, 11) is 1.47. The molecular formula is C15H20FNO3. The smallest absolute Gasteiger partial charge is 0.168 e. The summed E-state index contributed by atoms with van der Waals surface area (Å²) in [6.07, 6.45) is 2.40. The molecule has 0 aromatic heterocycles. The number of nitrogens with one attached hydrogen (secondary N) is 1. The SMILES string of the molecule is COc1ccc(F)cc1C(=O)CCOC1CCNCC1. The molecule has 1 saturated heterocycles. The summed E-state index contributed by atoms with van der Waals surface area (Å²) in [6, 6.07) is 3.96. The molecule has 1 aliphatic heterocycles. The van der Waals surface area contributed by atoms with Gasteiger partial charge in [0.05, 0.1) is 25.4 Å². The predicted octanol–water partition coefficient (Wildman–Crippen LogP) is 2.18. The summed E-state index contributed by atoms with van der Waals surface area (Å²) in [4.78, 5) is 12.1. The third kappa shape index (κ3) is 4.02. The highest BCUT2D eigenvalue weighted by Gasteiger charge is 2.16. The quantitative estimate of drug-likeness (QED) is 0.812. The Hall–Kier alpha value is -1.46. The molecule has 1 fully saturated rings. The second-order valence-corrected chi connectivity index (χ2v) is 4.84. The van der Waals surface area contributed by atoms with Gasteiger partial charge in [-0.1, -0.05) is 0 Å². The Labute approximate surface area is 118 Å². The van der Waals surface area contributed by atoms with E-state index in [9.17, 15) is 9.18 Å². The van der Waals surface area contributed by atoms with Crippen molar-refractivity contribution in [3.63, 3.8) is 0 Å². The fraction of sp³-hybridized carbons (Fsp3) is 0.533. The normalized spacial score (nSPS) is 16.1. The average Bonchev–Trinajstić information content (AvgIpc) is 2.48. The molecule has 2 rings (SSSR count). The van der Waals surface area contributed by atoms with Crippen LogP contribution in [0.4, 0.5) is 4.39 Å². The van der Waals surface area contributed by atoms with Crippen molar-refractivity contribution >= 4 is 5.78 Å². The first-order chi connectivity index (χ1) is 9.70. The van der Waals surface area contributed by atoms with Crippen molar-refractivity contribution < 1.29 is 18.7 Å². The van der Waals surface area contributed by atoms with Gasteiger partial charge in [0.1, 0.15) is 11.6 Å². The zero-order valence-corrected chi connectivity index (χ0v) is 11.7. The lowest BCUT2D eigenvalue weighted by atomic mass is 10.1. The lowest BCUT2D eigenvalue weighted by Crippen LogP contribution is -2.32. The van der Waals surface area contributed by atoms with E-state index < -0.39 is 5.82 Å². The number of ether oxygens (including phenoxy) is 2. The number of rotatable bonds is 6. The Kier molecular flexibility index (Phi) is 5.49. The number of hydrogen-bond donors (Lipinski definition) is 1. The zero-order chi connectivity index (χ0) is 14.4. The standard InChI is InChI=1S/C15H20FNO3/c1-19-15-3-2-11(16)10-13(15)14(18)6-9-20-12-4-7-17-8-5-12/h2-3,10,12,17H,4-9H2,1H3. The lowest BCUT2D eigenvalue weighted by Gasteiger charge is -2.22. The van der Waals surface area contributed by atoms with Gasteiger partial charge in [0, 0.05) is 6.42 Å². The molecule has 0 unspecified atom stereocenters. The molecule has 0 aliphatic carbocycles. The van der Waals surface area contributed by atoms with E-state index in [1.165, 1.54) is 25.3 Å². The topological polar surface area (TPSA) is 47.6 Å². The van der Waals surface area contributed by atoms with Crippen molar-refractivity contribution in [1.82, 2.24) is 5.32 Å². The van der Waals surface area contributed by atoms with Gasteiger partial charge in [-0.3, -0.25) is 4.79 Å². The summed E-state index contributed by atoms with van der Waals surface area (Å²) >= 11 is 0. The number of ketones is 1. The van der Waals surface area contributed by atoms with Crippen LogP contribution >= 0.6 is 0 Å². The zero-order valence-electron chi connectivity index (χ0n) is 11.7. The van der Waals surface area contributed by atoms with Gasteiger partial charge in [0.25, 0.3) is 0 Å². The second kappa shape index (κ2) is 7.36. The van der Waals surface area contributed by atoms with Crippen molar-refractivity contribution in [3.8, 4) is 5.75 Å². The van der Waals surface area contributed by atoms with E-state index >= 15 is 0 Å². The lowest BCUT2D eigenvalue weighted by molar-refractivity contribution is 0.0313. The maximum Gasteiger partial charge on any atom is 0.168 e. The fourth-order valence-corrected chi connectivity index (χ4v) is 2.31. The molecule has 1 aromatic rings. The molecule has 1 N–H and O–H groups in total. The van der Waals surface area contributed by atoms with Crippen LogP contribution in [0.25, 0.3) is 0 Å². The molecule has 110 valence electrons. The van der Waals surface area contributed by atoms with Gasteiger partial charge in [0.15, 0.2) is 5.78 Å². The third-order valence-corrected chi connectivity index (χ3v) is 3.43. The number of hydrogen-bond acceptors (Lipinski definition) is 4. The van der Waals surface area contributed by atoms with Gasteiger partial charge in [-0.25, -0.2) is 4.39 Å². The van der Waals surface area contributed by atoms with Gasteiger partial charge in [0.2, 0.25) is 0 Å². The molecule has 0 radical (unpaired) electrons. The Balaban J connectivity index is 1.86. The number of halogens is 1. The monoisotopic (exact) mass is 281 g/mol. The molecule has 0 spiro atoms. The molecular weight excluding hydrogens is 261 g/mol. The largest absolute Gasteiger partial charge is 0.496 e. The first-order valence-electron chi connectivity index (χ1n) is 6.90. The van der Waals surface area contributed by atoms with E-state index in [4.69, 9.17) is 9.47 Å². The van der Waals surface area contributed by atoms with Crippen molar-refractivity contribution in [2.75, 3.05) is 26.8 Å². The van der Waals surface area contributed by atoms with Gasteiger partial charge in [-0.15, -0.1) is 0 Å². The number of benzene rings is 1. The summed E-state index contributed by atoms with van der Waals surface area (Å²) in [5.41, 5.74) is 0.279. The molecule has 1 aliphatic rings. The summed E-state index contributed by atoms with van der Waals surface area (Å²) in [6.45, 7) is 2.27. The van der Waals surface area contributed by atoms with E-state index in [2.05, 4.69) is 5.32 Å². The highest BCUT2D eigenvalue weighted by molar-refractivity contribution is 5.98. The number of methoxy groups -OCH3 is 1. The highest BCUT2D eigenvalue weighted by Crippen LogP contribution is 2.21. The van der Waals surface area contributed by atoms with Crippen LogP contribution in [0.5, 0.6) is 5.75 Å².